The highest BCUT2D eigenvalue weighted by Crippen LogP contribution is 2.12. The van der Waals surface area contributed by atoms with Crippen molar-refractivity contribution < 1.29 is 17.9 Å². The van der Waals surface area contributed by atoms with Crippen LogP contribution in [0.25, 0.3) is 0 Å². The third kappa shape index (κ3) is 5.41. The van der Waals surface area contributed by atoms with Gasteiger partial charge < -0.3 is 10.5 Å². The summed E-state index contributed by atoms with van der Waals surface area (Å²) in [6.45, 7) is 3.27. The first-order valence-electron chi connectivity index (χ1n) is 6.31. The van der Waals surface area contributed by atoms with Crippen molar-refractivity contribution in [1.82, 2.24) is 4.72 Å². The number of sulfonamides is 1. The molecule has 0 aliphatic carbocycles. The van der Waals surface area contributed by atoms with Crippen LogP contribution in [-0.2, 0) is 25.3 Å². The molecular weight excluding hydrogens is 312 g/mol. The Kier molecular flexibility index (Phi) is 6.25. The first-order chi connectivity index (χ1) is 9.76. The van der Waals surface area contributed by atoms with Crippen molar-refractivity contribution in [3.05, 3.63) is 35.4 Å². The average molecular weight is 330 g/mol. The zero-order chi connectivity index (χ0) is 16.0. The van der Waals surface area contributed by atoms with Crippen LogP contribution in [0.3, 0.4) is 0 Å². The van der Waals surface area contributed by atoms with E-state index in [0.717, 1.165) is 0 Å². The molecule has 0 aromatic heterocycles. The first-order valence-corrected chi connectivity index (χ1v) is 8.37. The number of hydrogen-bond acceptors (Lipinski definition) is 5. The lowest BCUT2D eigenvalue weighted by atomic mass is 10.1. The summed E-state index contributed by atoms with van der Waals surface area (Å²) in [6.07, 6.45) is 0. The molecule has 8 heteroatoms. The molecule has 1 aromatic carbocycles. The maximum Gasteiger partial charge on any atom is 0.323 e. The Labute approximate surface area is 129 Å². The van der Waals surface area contributed by atoms with Gasteiger partial charge in [0.25, 0.3) is 0 Å². The van der Waals surface area contributed by atoms with E-state index in [1.165, 1.54) is 6.92 Å². The third-order valence-electron chi connectivity index (χ3n) is 2.62. The predicted octanol–water partition coefficient (Wildman–Crippen LogP) is 0.692. The minimum absolute atomic E-state index is 0.124. The normalized spacial score (nSPS) is 12.7. The quantitative estimate of drug-likeness (QED) is 0.564. The summed E-state index contributed by atoms with van der Waals surface area (Å²) >= 11 is 4.89. The summed E-state index contributed by atoms with van der Waals surface area (Å²) in [7, 11) is -3.72. The molecule has 0 saturated heterocycles. The molecular formula is C13H18N2O4S2. The summed E-state index contributed by atoms with van der Waals surface area (Å²) in [6, 6.07) is 5.75. The molecule has 1 rings (SSSR count). The predicted molar refractivity (Wildman–Crippen MR) is 84.2 cm³/mol. The van der Waals surface area contributed by atoms with E-state index in [9.17, 15) is 13.2 Å². The lowest BCUT2D eigenvalue weighted by molar-refractivity contribution is -0.144. The molecule has 6 nitrogen and oxygen atoms in total. The van der Waals surface area contributed by atoms with E-state index in [2.05, 4.69) is 4.72 Å². The van der Waals surface area contributed by atoms with Crippen molar-refractivity contribution in [2.75, 3.05) is 6.61 Å². The smallest absolute Gasteiger partial charge is 0.323 e. The van der Waals surface area contributed by atoms with Gasteiger partial charge in [-0.3, -0.25) is 4.79 Å². The molecule has 3 N–H and O–H groups in total. The molecule has 1 aromatic rings. The summed E-state index contributed by atoms with van der Waals surface area (Å²) in [5, 5.41) is 0. The van der Waals surface area contributed by atoms with Gasteiger partial charge in [0.15, 0.2) is 0 Å². The Morgan fingerprint density at radius 1 is 1.43 bits per heavy atom. The monoisotopic (exact) mass is 330 g/mol. The molecule has 0 saturated carbocycles. The second kappa shape index (κ2) is 7.48. The maximum atomic E-state index is 12.1. The molecule has 0 fully saturated rings. The Morgan fingerprint density at radius 2 is 2.05 bits per heavy atom. The van der Waals surface area contributed by atoms with Crippen molar-refractivity contribution in [3.63, 3.8) is 0 Å². The van der Waals surface area contributed by atoms with Crippen LogP contribution >= 0.6 is 12.2 Å². The van der Waals surface area contributed by atoms with Gasteiger partial charge in [-0.25, -0.2) is 13.1 Å². The Hall–Kier alpha value is -1.51. The third-order valence-corrected chi connectivity index (χ3v) is 4.25. The van der Waals surface area contributed by atoms with Crippen LogP contribution < -0.4 is 10.5 Å². The van der Waals surface area contributed by atoms with Gasteiger partial charge in [0.1, 0.15) is 11.0 Å². The Morgan fingerprint density at radius 3 is 2.62 bits per heavy atom. The fraction of sp³-hybridized carbons (Fsp3) is 0.385. The van der Waals surface area contributed by atoms with E-state index < -0.39 is 22.0 Å². The van der Waals surface area contributed by atoms with E-state index in [4.69, 9.17) is 22.7 Å². The van der Waals surface area contributed by atoms with Gasteiger partial charge in [0.05, 0.1) is 12.4 Å². The van der Waals surface area contributed by atoms with Gasteiger partial charge in [-0.2, -0.15) is 0 Å². The van der Waals surface area contributed by atoms with Gasteiger partial charge >= 0.3 is 5.97 Å². The number of ether oxygens (including phenoxy) is 1. The van der Waals surface area contributed by atoms with Crippen LogP contribution in [0.4, 0.5) is 0 Å². The van der Waals surface area contributed by atoms with Gasteiger partial charge in [0, 0.05) is 5.56 Å². The number of nitrogens with two attached hydrogens (primary N) is 1. The van der Waals surface area contributed by atoms with Gasteiger partial charge in [-0.05, 0) is 19.4 Å². The molecule has 21 heavy (non-hydrogen) atoms. The van der Waals surface area contributed by atoms with Crippen LogP contribution in [0, 0.1) is 0 Å². The summed E-state index contributed by atoms with van der Waals surface area (Å²) in [5.74, 6) is -0.937. The minimum atomic E-state index is -3.72. The topological polar surface area (TPSA) is 98.5 Å². The fourth-order valence-electron chi connectivity index (χ4n) is 1.72. The van der Waals surface area contributed by atoms with E-state index in [1.54, 1.807) is 31.2 Å². The molecule has 0 radical (unpaired) electrons. The highest BCUT2D eigenvalue weighted by atomic mass is 32.2. The van der Waals surface area contributed by atoms with Crippen molar-refractivity contribution in [2.24, 2.45) is 5.73 Å². The molecule has 1 unspecified atom stereocenters. The lowest BCUT2D eigenvalue weighted by Crippen LogP contribution is -2.40. The molecule has 0 aliphatic heterocycles. The largest absolute Gasteiger partial charge is 0.465 e. The van der Waals surface area contributed by atoms with Gasteiger partial charge in [0.2, 0.25) is 10.0 Å². The van der Waals surface area contributed by atoms with Gasteiger partial charge in [-0.15, -0.1) is 0 Å². The van der Waals surface area contributed by atoms with Crippen molar-refractivity contribution in [3.8, 4) is 0 Å². The van der Waals surface area contributed by atoms with E-state index in [-0.39, 0.29) is 17.3 Å². The SMILES string of the molecule is CCOC(=O)C(C)NS(=O)(=O)Cc1ccccc1C(N)=S. The fourth-order valence-corrected chi connectivity index (χ4v) is 3.30. The second-order valence-electron chi connectivity index (χ2n) is 4.37. The standard InChI is InChI=1S/C13H18N2O4S2/c1-3-19-13(16)9(2)15-21(17,18)8-10-6-4-5-7-11(10)12(14)20/h4-7,9,15H,3,8H2,1-2H3,(H2,14,20). The number of carbonyl (C=O) groups excluding carboxylic acids is 1. The molecule has 0 aliphatic rings. The lowest BCUT2D eigenvalue weighted by Gasteiger charge is -2.14. The summed E-state index contributed by atoms with van der Waals surface area (Å²) in [4.78, 5) is 11.6. The summed E-state index contributed by atoms with van der Waals surface area (Å²) < 4.78 is 31.2. The number of rotatable bonds is 7. The number of hydrogen-bond donors (Lipinski definition) is 2. The average Bonchev–Trinajstić information content (AvgIpc) is 2.38. The van der Waals surface area contributed by atoms with E-state index in [0.29, 0.717) is 11.1 Å². The van der Waals surface area contributed by atoms with Crippen LogP contribution in [0.5, 0.6) is 0 Å². The Balaban J connectivity index is 2.87. The zero-order valence-corrected chi connectivity index (χ0v) is 13.5. The molecule has 116 valence electrons. The van der Waals surface area contributed by atoms with Crippen LogP contribution in [-0.4, -0.2) is 32.0 Å². The van der Waals surface area contributed by atoms with Crippen molar-refractivity contribution in [2.45, 2.75) is 25.6 Å². The van der Waals surface area contributed by atoms with Crippen LogP contribution in [0.2, 0.25) is 0 Å². The highest BCUT2D eigenvalue weighted by molar-refractivity contribution is 7.88. The first kappa shape index (κ1) is 17.5. The summed E-state index contributed by atoms with van der Waals surface area (Å²) in [5.41, 5.74) is 6.55. The molecule has 0 heterocycles. The van der Waals surface area contributed by atoms with Crippen molar-refractivity contribution >= 4 is 33.2 Å². The number of nitrogens with one attached hydrogen (secondary N) is 1. The van der Waals surface area contributed by atoms with E-state index >= 15 is 0 Å². The number of carbonyl (C=O) groups is 1. The number of benzene rings is 1. The van der Waals surface area contributed by atoms with Crippen molar-refractivity contribution in [1.29, 1.82) is 0 Å². The molecule has 0 amide bonds. The minimum Gasteiger partial charge on any atom is -0.465 e. The second-order valence-corrected chi connectivity index (χ2v) is 6.57. The number of esters is 1. The van der Waals surface area contributed by atoms with Gasteiger partial charge in [-0.1, -0.05) is 36.5 Å². The number of thiocarbonyl (C=S) groups is 1. The molecule has 0 bridgehead atoms. The molecule has 1 atom stereocenters. The van der Waals surface area contributed by atoms with E-state index in [1.807, 2.05) is 0 Å². The highest BCUT2D eigenvalue weighted by Gasteiger charge is 2.22. The van der Waals surface area contributed by atoms with Crippen LogP contribution in [0.1, 0.15) is 25.0 Å². The van der Waals surface area contributed by atoms with Crippen LogP contribution in [0.15, 0.2) is 24.3 Å². The molecule has 0 spiro atoms. The Bertz CT molecular complexity index is 629. The zero-order valence-electron chi connectivity index (χ0n) is 11.8. The maximum absolute atomic E-state index is 12.1.